The van der Waals surface area contributed by atoms with E-state index >= 15 is 0 Å². The van der Waals surface area contributed by atoms with Crippen molar-refractivity contribution in [1.82, 2.24) is 4.90 Å². The summed E-state index contributed by atoms with van der Waals surface area (Å²) in [6.45, 7) is 6.18. The first-order chi connectivity index (χ1) is 5.35. The Bertz CT molecular complexity index is 94.4. The lowest BCUT2D eigenvalue weighted by molar-refractivity contribution is 0.240. The van der Waals surface area contributed by atoms with Gasteiger partial charge in [-0.2, -0.15) is 0 Å². The van der Waals surface area contributed by atoms with E-state index < -0.39 is 8.69 Å². The van der Waals surface area contributed by atoms with Gasteiger partial charge >= 0.3 is 8.69 Å². The first kappa shape index (κ1) is 11.0. The van der Waals surface area contributed by atoms with Gasteiger partial charge in [-0.25, -0.2) is 4.57 Å². The van der Waals surface area contributed by atoms with Crippen LogP contribution in [-0.2, 0) is 4.57 Å². The molecule has 0 spiro atoms. The summed E-state index contributed by atoms with van der Waals surface area (Å²) >= 11 is 0. The Morgan fingerprint density at radius 2 is 1.82 bits per heavy atom. The van der Waals surface area contributed by atoms with Crippen LogP contribution in [0.5, 0.6) is 0 Å². The molecule has 1 aliphatic rings. The van der Waals surface area contributed by atoms with Crippen LogP contribution in [0.2, 0.25) is 0 Å². The fourth-order valence-electron chi connectivity index (χ4n) is 1.28. The maximum absolute atomic E-state index is 8.46. The van der Waals surface area contributed by atoms with E-state index in [0.717, 1.165) is 0 Å². The summed E-state index contributed by atoms with van der Waals surface area (Å²) in [6.07, 6.45) is 4.30. The number of piperidine rings is 1. The molecule has 4 heteroatoms. The summed E-state index contributed by atoms with van der Waals surface area (Å²) in [7, 11) is -0.833. The van der Waals surface area contributed by atoms with Gasteiger partial charge < -0.3 is 9.79 Å². The molecule has 11 heavy (non-hydrogen) atoms. The zero-order valence-corrected chi connectivity index (χ0v) is 7.89. The predicted molar refractivity (Wildman–Crippen MR) is 45.8 cm³/mol. The Morgan fingerprint density at radius 1 is 1.36 bits per heavy atom. The van der Waals surface area contributed by atoms with Gasteiger partial charge in [-0.05, 0) is 32.5 Å². The molecule has 1 N–H and O–H groups in total. The van der Waals surface area contributed by atoms with Gasteiger partial charge in [-0.1, -0.05) is 13.3 Å². The quantitative estimate of drug-likeness (QED) is 0.619. The van der Waals surface area contributed by atoms with Crippen LogP contribution in [0.15, 0.2) is 0 Å². The van der Waals surface area contributed by atoms with Crippen LogP contribution in [-0.4, -0.2) is 29.4 Å². The summed E-state index contributed by atoms with van der Waals surface area (Å²) in [5.41, 5.74) is 0. The zero-order chi connectivity index (χ0) is 8.53. The molecule has 0 bridgehead atoms. The largest absolute Gasteiger partial charge is 0.324 e. The van der Waals surface area contributed by atoms with E-state index in [1.165, 1.54) is 38.9 Å². The molecule has 1 fully saturated rings. The van der Waals surface area contributed by atoms with Gasteiger partial charge in [0.1, 0.15) is 0 Å². The van der Waals surface area contributed by atoms with Crippen LogP contribution in [0, 0.1) is 0 Å². The van der Waals surface area contributed by atoms with Gasteiger partial charge in [0.25, 0.3) is 0 Å². The van der Waals surface area contributed by atoms with Crippen molar-refractivity contribution < 1.29 is 9.46 Å². The van der Waals surface area contributed by atoms with Crippen molar-refractivity contribution in [3.63, 3.8) is 0 Å². The number of nitrogens with zero attached hydrogens (tertiary/aromatic N) is 1. The van der Waals surface area contributed by atoms with Crippen molar-refractivity contribution >= 4 is 8.69 Å². The number of likely N-dealkylation sites (tertiary alicyclic amines) is 1. The minimum Gasteiger partial charge on any atom is -0.310 e. The maximum Gasteiger partial charge on any atom is 0.324 e. The lowest BCUT2D eigenvalue weighted by atomic mass is 10.1. The molecule has 0 aromatic heterocycles. The standard InChI is InChI=1S/C7H15N.HO2P/c1-2-8-6-4-3-5-7-8;1-3-2/h2-7H2,1H3;(H,1,2). The Balaban J connectivity index is 0.000000292. The average Bonchev–Trinajstić information content (AvgIpc) is 2.08. The van der Waals surface area contributed by atoms with E-state index in [1.54, 1.807) is 0 Å². The molecule has 66 valence electrons. The van der Waals surface area contributed by atoms with Gasteiger partial charge in [0.05, 0.1) is 0 Å². The van der Waals surface area contributed by atoms with Gasteiger partial charge in [-0.3, -0.25) is 0 Å². The summed E-state index contributed by atoms with van der Waals surface area (Å²) in [5.74, 6) is 0. The van der Waals surface area contributed by atoms with Crippen molar-refractivity contribution in [2.45, 2.75) is 26.2 Å². The molecule has 0 unspecified atom stereocenters. The summed E-state index contributed by atoms with van der Waals surface area (Å²) < 4.78 is 8.46. The maximum atomic E-state index is 8.46. The molecule has 1 saturated heterocycles. The Kier molecular flexibility index (Phi) is 8.13. The number of hydrogen-bond acceptors (Lipinski definition) is 2. The molecule has 0 aromatic rings. The molecule has 0 aliphatic carbocycles. The molecule has 0 amide bonds. The van der Waals surface area contributed by atoms with Crippen LogP contribution >= 0.6 is 8.69 Å². The second kappa shape index (κ2) is 8.12. The van der Waals surface area contributed by atoms with Crippen molar-refractivity contribution in [3.05, 3.63) is 0 Å². The lowest BCUT2D eigenvalue weighted by Gasteiger charge is -2.24. The summed E-state index contributed by atoms with van der Waals surface area (Å²) in [4.78, 5) is 9.50. The van der Waals surface area contributed by atoms with E-state index in [9.17, 15) is 0 Å². The van der Waals surface area contributed by atoms with E-state index in [2.05, 4.69) is 11.8 Å². The summed E-state index contributed by atoms with van der Waals surface area (Å²) in [6, 6.07) is 0. The molecule has 1 aliphatic heterocycles. The minimum absolute atomic E-state index is 0.833. The second-order valence-corrected chi connectivity index (χ2v) is 2.74. The minimum atomic E-state index is -0.833. The molecule has 0 radical (unpaired) electrons. The van der Waals surface area contributed by atoms with Crippen molar-refractivity contribution in [3.8, 4) is 0 Å². The lowest BCUT2D eigenvalue weighted by Crippen LogP contribution is -2.29. The van der Waals surface area contributed by atoms with Crippen molar-refractivity contribution in [1.29, 1.82) is 0 Å². The number of hydrogen-bond donors (Lipinski definition) is 1. The summed E-state index contributed by atoms with van der Waals surface area (Å²) in [5, 5.41) is 0. The third kappa shape index (κ3) is 6.42. The smallest absolute Gasteiger partial charge is 0.310 e. The predicted octanol–water partition coefficient (Wildman–Crippen LogP) is 1.68. The van der Waals surface area contributed by atoms with E-state index in [0.29, 0.717) is 0 Å². The van der Waals surface area contributed by atoms with Crippen LogP contribution in [0.4, 0.5) is 0 Å². The first-order valence-electron chi connectivity index (χ1n) is 4.04. The molecule has 3 nitrogen and oxygen atoms in total. The molecular weight excluding hydrogens is 161 g/mol. The highest BCUT2D eigenvalue weighted by Crippen LogP contribution is 2.06. The van der Waals surface area contributed by atoms with Crippen molar-refractivity contribution in [2.75, 3.05) is 19.6 Å². The fourth-order valence-corrected chi connectivity index (χ4v) is 1.28. The Morgan fingerprint density at radius 3 is 2.09 bits per heavy atom. The van der Waals surface area contributed by atoms with Gasteiger partial charge in [-0.15, -0.1) is 0 Å². The molecule has 1 rings (SSSR count). The van der Waals surface area contributed by atoms with Crippen LogP contribution in [0.1, 0.15) is 26.2 Å². The highest BCUT2D eigenvalue weighted by Gasteiger charge is 2.05. The van der Waals surface area contributed by atoms with Crippen molar-refractivity contribution in [2.24, 2.45) is 0 Å². The third-order valence-electron chi connectivity index (χ3n) is 1.90. The molecular formula is C7H16NO2P. The van der Waals surface area contributed by atoms with Gasteiger partial charge in [0, 0.05) is 0 Å². The average molecular weight is 177 g/mol. The SMILES string of the molecule is CCN1CCCCC1.O=PO. The highest BCUT2D eigenvalue weighted by molar-refractivity contribution is 7.16. The van der Waals surface area contributed by atoms with Gasteiger partial charge in [0.15, 0.2) is 0 Å². The van der Waals surface area contributed by atoms with E-state index in [1.807, 2.05) is 0 Å². The molecule has 0 atom stereocenters. The topological polar surface area (TPSA) is 40.5 Å². The fraction of sp³-hybridized carbons (Fsp3) is 1.00. The van der Waals surface area contributed by atoms with Crippen LogP contribution in [0.3, 0.4) is 0 Å². The third-order valence-corrected chi connectivity index (χ3v) is 1.90. The number of rotatable bonds is 1. The van der Waals surface area contributed by atoms with E-state index in [-0.39, 0.29) is 0 Å². The first-order valence-corrected chi connectivity index (χ1v) is 4.80. The second-order valence-electron chi connectivity index (χ2n) is 2.58. The molecule has 0 aromatic carbocycles. The van der Waals surface area contributed by atoms with Gasteiger partial charge in [0.2, 0.25) is 0 Å². The van der Waals surface area contributed by atoms with E-state index in [4.69, 9.17) is 9.46 Å². The Labute approximate surface area is 69.7 Å². The zero-order valence-electron chi connectivity index (χ0n) is 6.99. The Hall–Kier alpha value is 0.0200. The van der Waals surface area contributed by atoms with Crippen LogP contribution < -0.4 is 0 Å². The monoisotopic (exact) mass is 177 g/mol. The normalized spacial score (nSPS) is 19.1. The van der Waals surface area contributed by atoms with Crippen LogP contribution in [0.25, 0.3) is 0 Å². The highest BCUT2D eigenvalue weighted by atomic mass is 31.1. The molecule has 0 saturated carbocycles. The molecule has 1 heterocycles.